The van der Waals surface area contributed by atoms with Crippen LogP contribution in [0.25, 0.3) is 10.2 Å². The quantitative estimate of drug-likeness (QED) is 0.485. The zero-order valence-corrected chi connectivity index (χ0v) is 17.6. The van der Waals surface area contributed by atoms with Crippen LogP contribution in [0.15, 0.2) is 48.5 Å². The predicted molar refractivity (Wildman–Crippen MR) is 117 cm³/mol. The smallest absolute Gasteiger partial charge is 0.306 e. The molecular formula is C23H26N2O3S. The van der Waals surface area contributed by atoms with Crippen molar-refractivity contribution in [3.05, 3.63) is 59.1 Å². The highest BCUT2D eigenvalue weighted by atomic mass is 32.1. The first-order chi connectivity index (χ1) is 14.0. The van der Waals surface area contributed by atoms with E-state index in [0.29, 0.717) is 18.0 Å². The average Bonchev–Trinajstić information content (AvgIpc) is 3.15. The third kappa shape index (κ3) is 6.12. The zero-order valence-electron chi connectivity index (χ0n) is 16.8. The molecule has 3 rings (SSSR count). The molecule has 0 saturated carbocycles. The Labute approximate surface area is 175 Å². The molecule has 1 heterocycles. The van der Waals surface area contributed by atoms with E-state index in [1.165, 1.54) is 5.56 Å². The number of esters is 1. The van der Waals surface area contributed by atoms with Crippen LogP contribution in [-0.4, -0.2) is 23.5 Å². The SMILES string of the molecule is CC[C@@H](C)c1ccc(NC(=O)COC(=O)CCCc2nc3ccccc3s2)cc1. The van der Waals surface area contributed by atoms with Gasteiger partial charge in [-0.3, -0.25) is 9.59 Å². The van der Waals surface area contributed by atoms with E-state index in [2.05, 4.69) is 24.1 Å². The van der Waals surface area contributed by atoms with Crippen LogP contribution in [-0.2, 0) is 20.7 Å². The van der Waals surface area contributed by atoms with Crippen LogP contribution in [0.5, 0.6) is 0 Å². The summed E-state index contributed by atoms with van der Waals surface area (Å²) in [4.78, 5) is 28.4. The van der Waals surface area contributed by atoms with E-state index in [-0.39, 0.29) is 24.9 Å². The Hall–Kier alpha value is -2.73. The van der Waals surface area contributed by atoms with Crippen LogP contribution in [0.3, 0.4) is 0 Å². The average molecular weight is 411 g/mol. The maximum absolute atomic E-state index is 12.0. The second-order valence-corrected chi connectivity index (χ2v) is 8.18. The Bertz CT molecular complexity index is 933. The number of amides is 1. The third-order valence-electron chi connectivity index (χ3n) is 4.85. The van der Waals surface area contributed by atoms with Gasteiger partial charge in [-0.25, -0.2) is 4.98 Å². The summed E-state index contributed by atoms with van der Waals surface area (Å²) in [7, 11) is 0. The number of ether oxygens (including phenoxy) is 1. The number of nitrogens with one attached hydrogen (secondary N) is 1. The molecule has 6 heteroatoms. The number of aryl methyl sites for hydroxylation is 1. The molecular weight excluding hydrogens is 384 g/mol. The second-order valence-electron chi connectivity index (χ2n) is 7.07. The van der Waals surface area contributed by atoms with Crippen molar-refractivity contribution in [2.45, 2.75) is 45.4 Å². The molecule has 0 fully saturated rings. The standard InChI is InChI=1S/C23H26N2O3S/c1-3-16(2)17-11-13-18(14-12-17)24-21(26)15-28-23(27)10-6-9-22-25-19-7-4-5-8-20(19)29-22/h4-5,7-8,11-14,16H,3,6,9-10,15H2,1-2H3,(H,24,26)/t16-/m1/s1. The van der Waals surface area contributed by atoms with E-state index in [1.807, 2.05) is 48.5 Å². The van der Waals surface area contributed by atoms with Gasteiger partial charge in [-0.2, -0.15) is 0 Å². The minimum absolute atomic E-state index is 0.271. The summed E-state index contributed by atoms with van der Waals surface area (Å²) >= 11 is 1.65. The van der Waals surface area contributed by atoms with E-state index in [4.69, 9.17) is 4.74 Å². The summed E-state index contributed by atoms with van der Waals surface area (Å²) in [5.41, 5.74) is 2.93. The number of para-hydroxylation sites is 1. The molecule has 0 aliphatic heterocycles. The molecule has 3 aromatic rings. The van der Waals surface area contributed by atoms with Crippen molar-refractivity contribution >= 4 is 39.1 Å². The molecule has 1 N–H and O–H groups in total. The lowest BCUT2D eigenvalue weighted by molar-refractivity contribution is -0.147. The normalized spacial score (nSPS) is 11.9. The van der Waals surface area contributed by atoms with Crippen LogP contribution >= 0.6 is 11.3 Å². The van der Waals surface area contributed by atoms with Gasteiger partial charge in [0.1, 0.15) is 0 Å². The summed E-state index contributed by atoms with van der Waals surface area (Å²) in [6.07, 6.45) is 2.72. The number of hydrogen-bond donors (Lipinski definition) is 1. The molecule has 29 heavy (non-hydrogen) atoms. The zero-order chi connectivity index (χ0) is 20.6. The first kappa shape index (κ1) is 21.0. The van der Waals surface area contributed by atoms with E-state index >= 15 is 0 Å². The molecule has 0 radical (unpaired) electrons. The fraction of sp³-hybridized carbons (Fsp3) is 0.348. The molecule has 0 saturated heterocycles. The van der Waals surface area contributed by atoms with Crippen molar-refractivity contribution in [3.8, 4) is 0 Å². The number of benzene rings is 2. The van der Waals surface area contributed by atoms with Crippen molar-refractivity contribution < 1.29 is 14.3 Å². The van der Waals surface area contributed by atoms with Gasteiger partial charge >= 0.3 is 5.97 Å². The first-order valence-corrected chi connectivity index (χ1v) is 10.8. The molecule has 0 aliphatic carbocycles. The summed E-state index contributed by atoms with van der Waals surface area (Å²) in [5.74, 6) is -0.210. The number of fused-ring (bicyclic) bond motifs is 1. The number of aromatic nitrogens is 1. The Kier molecular flexibility index (Phi) is 7.36. The van der Waals surface area contributed by atoms with Gasteiger partial charge in [0.05, 0.1) is 15.2 Å². The number of carbonyl (C=O) groups is 2. The van der Waals surface area contributed by atoms with Gasteiger partial charge in [-0.1, -0.05) is 38.1 Å². The summed E-state index contributed by atoms with van der Waals surface area (Å²) in [6, 6.07) is 15.8. The minimum Gasteiger partial charge on any atom is -0.456 e. The molecule has 0 bridgehead atoms. The number of thiazole rings is 1. The molecule has 0 unspecified atom stereocenters. The first-order valence-electron chi connectivity index (χ1n) is 9.95. The van der Waals surface area contributed by atoms with Crippen LogP contribution < -0.4 is 5.32 Å². The fourth-order valence-electron chi connectivity index (χ4n) is 2.96. The lowest BCUT2D eigenvalue weighted by atomic mass is 9.99. The summed E-state index contributed by atoms with van der Waals surface area (Å²) < 4.78 is 6.24. The van der Waals surface area contributed by atoms with E-state index in [1.54, 1.807) is 11.3 Å². The molecule has 0 spiro atoms. The molecule has 1 atom stereocenters. The summed E-state index contributed by atoms with van der Waals surface area (Å²) in [5, 5.41) is 3.77. The third-order valence-corrected chi connectivity index (χ3v) is 5.95. The van der Waals surface area contributed by atoms with Gasteiger partial charge in [0.15, 0.2) is 6.61 Å². The van der Waals surface area contributed by atoms with Crippen molar-refractivity contribution in [1.82, 2.24) is 4.98 Å². The van der Waals surface area contributed by atoms with Crippen LogP contribution in [0, 0.1) is 0 Å². The van der Waals surface area contributed by atoms with Gasteiger partial charge in [0, 0.05) is 12.1 Å². The largest absolute Gasteiger partial charge is 0.456 e. The Morgan fingerprint density at radius 1 is 1.14 bits per heavy atom. The van der Waals surface area contributed by atoms with Crippen molar-refractivity contribution in [2.24, 2.45) is 0 Å². The van der Waals surface area contributed by atoms with E-state index < -0.39 is 0 Å². The molecule has 5 nitrogen and oxygen atoms in total. The van der Waals surface area contributed by atoms with Gasteiger partial charge in [0.2, 0.25) is 0 Å². The van der Waals surface area contributed by atoms with Crippen LogP contribution in [0.4, 0.5) is 5.69 Å². The fourth-order valence-corrected chi connectivity index (χ4v) is 3.97. The Balaban J connectivity index is 1.36. The lowest BCUT2D eigenvalue weighted by Gasteiger charge is -2.10. The molecule has 2 aromatic carbocycles. The minimum atomic E-state index is -0.367. The maximum atomic E-state index is 12.0. The molecule has 1 amide bonds. The van der Waals surface area contributed by atoms with Crippen molar-refractivity contribution in [1.29, 1.82) is 0 Å². The number of nitrogens with zero attached hydrogens (tertiary/aromatic N) is 1. The van der Waals surface area contributed by atoms with Crippen LogP contribution in [0.2, 0.25) is 0 Å². The van der Waals surface area contributed by atoms with Gasteiger partial charge in [-0.15, -0.1) is 11.3 Å². The van der Waals surface area contributed by atoms with E-state index in [9.17, 15) is 9.59 Å². The lowest BCUT2D eigenvalue weighted by Crippen LogP contribution is -2.20. The maximum Gasteiger partial charge on any atom is 0.306 e. The molecule has 1 aromatic heterocycles. The van der Waals surface area contributed by atoms with Crippen molar-refractivity contribution in [3.63, 3.8) is 0 Å². The summed E-state index contributed by atoms with van der Waals surface area (Å²) in [6.45, 7) is 4.05. The van der Waals surface area contributed by atoms with Crippen LogP contribution in [0.1, 0.15) is 49.6 Å². The number of hydrogen-bond acceptors (Lipinski definition) is 5. The Morgan fingerprint density at radius 2 is 1.90 bits per heavy atom. The van der Waals surface area contributed by atoms with Gasteiger partial charge in [0.25, 0.3) is 5.91 Å². The van der Waals surface area contributed by atoms with E-state index in [0.717, 1.165) is 28.1 Å². The van der Waals surface area contributed by atoms with Gasteiger partial charge < -0.3 is 10.1 Å². The monoisotopic (exact) mass is 410 g/mol. The number of anilines is 1. The highest BCUT2D eigenvalue weighted by Crippen LogP contribution is 2.23. The Morgan fingerprint density at radius 3 is 2.62 bits per heavy atom. The van der Waals surface area contributed by atoms with Crippen molar-refractivity contribution in [2.75, 3.05) is 11.9 Å². The topological polar surface area (TPSA) is 68.3 Å². The highest BCUT2D eigenvalue weighted by molar-refractivity contribution is 7.18. The predicted octanol–water partition coefficient (Wildman–Crippen LogP) is 5.31. The molecule has 0 aliphatic rings. The molecule has 152 valence electrons. The number of carbonyl (C=O) groups excluding carboxylic acids is 2. The second kappa shape index (κ2) is 10.2. The highest BCUT2D eigenvalue weighted by Gasteiger charge is 2.10. The van der Waals surface area contributed by atoms with Gasteiger partial charge in [-0.05, 0) is 55.0 Å². The number of rotatable bonds is 9.